The second-order valence-electron chi connectivity index (χ2n) is 1.13. The minimum absolute atomic E-state index is 1.58. The molecule has 0 bridgehead atoms. The normalized spacial score (nSPS) is 7.00. The lowest BCUT2D eigenvalue weighted by Crippen LogP contribution is -2.22. The molecule has 7 heavy (non-hydrogen) atoms. The molecule has 1 N–H and O–H groups in total. The zero-order valence-electron chi connectivity index (χ0n) is 4.52. The SMILES string of the molecule is C=CNN(C)C=C. The Balaban J connectivity index is 3.15. The second kappa shape index (κ2) is 3.28. The lowest BCUT2D eigenvalue weighted by molar-refractivity contribution is 0.389. The Hall–Kier alpha value is -0.920. The van der Waals surface area contributed by atoms with E-state index in [2.05, 4.69) is 18.6 Å². The zero-order valence-corrected chi connectivity index (χ0v) is 4.52. The molecule has 0 atom stereocenters. The van der Waals surface area contributed by atoms with Gasteiger partial charge in [-0.1, -0.05) is 13.2 Å². The number of hydrazine groups is 1. The minimum atomic E-state index is 1.58. The molecule has 0 aromatic rings. The van der Waals surface area contributed by atoms with Gasteiger partial charge in [0, 0.05) is 19.4 Å². The molecule has 0 heterocycles. The summed E-state index contributed by atoms with van der Waals surface area (Å²) in [4.78, 5) is 0. The summed E-state index contributed by atoms with van der Waals surface area (Å²) in [5, 5.41) is 1.70. The molecule has 2 nitrogen and oxygen atoms in total. The van der Waals surface area contributed by atoms with E-state index in [0.717, 1.165) is 0 Å². The molecule has 0 saturated carbocycles. The molecule has 0 unspecified atom stereocenters. The van der Waals surface area contributed by atoms with Crippen molar-refractivity contribution in [1.82, 2.24) is 10.4 Å². The Morgan fingerprint density at radius 2 is 2.14 bits per heavy atom. The van der Waals surface area contributed by atoms with Gasteiger partial charge in [-0.2, -0.15) is 0 Å². The third kappa shape index (κ3) is 2.89. The summed E-state index contributed by atoms with van der Waals surface area (Å²) in [6.07, 6.45) is 3.24. The smallest absolute Gasteiger partial charge is 0.0274 e. The van der Waals surface area contributed by atoms with Crippen LogP contribution >= 0.6 is 0 Å². The van der Waals surface area contributed by atoms with Gasteiger partial charge in [0.2, 0.25) is 0 Å². The Morgan fingerprint density at radius 3 is 2.29 bits per heavy atom. The van der Waals surface area contributed by atoms with Crippen LogP contribution < -0.4 is 5.43 Å². The average Bonchev–Trinajstić information content (AvgIpc) is 1.68. The van der Waals surface area contributed by atoms with Crippen molar-refractivity contribution >= 4 is 0 Å². The van der Waals surface area contributed by atoms with E-state index < -0.39 is 0 Å². The third-order valence-corrected chi connectivity index (χ3v) is 0.569. The lowest BCUT2D eigenvalue weighted by atomic mass is 10.9. The molecule has 0 spiro atoms. The molecule has 0 aliphatic carbocycles. The highest BCUT2D eigenvalue weighted by Gasteiger charge is 1.73. The first kappa shape index (κ1) is 6.08. The van der Waals surface area contributed by atoms with Crippen molar-refractivity contribution in [3.05, 3.63) is 25.6 Å². The van der Waals surface area contributed by atoms with Crippen LogP contribution in [0.15, 0.2) is 25.6 Å². The van der Waals surface area contributed by atoms with Crippen molar-refractivity contribution in [1.29, 1.82) is 0 Å². The Kier molecular flexibility index (Phi) is 2.85. The highest BCUT2D eigenvalue weighted by molar-refractivity contribution is 4.67. The molecular formula is C5H10N2. The van der Waals surface area contributed by atoms with Crippen LogP contribution in [0.3, 0.4) is 0 Å². The molecule has 0 rings (SSSR count). The van der Waals surface area contributed by atoms with E-state index in [0.29, 0.717) is 0 Å². The lowest BCUT2D eigenvalue weighted by Gasteiger charge is -2.10. The van der Waals surface area contributed by atoms with E-state index in [1.54, 1.807) is 17.4 Å². The van der Waals surface area contributed by atoms with Gasteiger partial charge < -0.3 is 5.43 Å². The van der Waals surface area contributed by atoms with Crippen molar-refractivity contribution in [3.63, 3.8) is 0 Å². The largest absolute Gasteiger partial charge is 0.307 e. The van der Waals surface area contributed by atoms with Gasteiger partial charge in [-0.3, -0.25) is 5.01 Å². The molecule has 0 amide bonds. The fourth-order valence-electron chi connectivity index (χ4n) is 0.197. The van der Waals surface area contributed by atoms with Crippen molar-refractivity contribution in [2.45, 2.75) is 0 Å². The van der Waals surface area contributed by atoms with Crippen LogP contribution in [0.25, 0.3) is 0 Å². The Morgan fingerprint density at radius 1 is 1.57 bits per heavy atom. The average molecular weight is 98.1 g/mol. The molecule has 0 aromatic heterocycles. The highest BCUT2D eigenvalue weighted by Crippen LogP contribution is 1.69. The van der Waals surface area contributed by atoms with Crippen molar-refractivity contribution in [3.8, 4) is 0 Å². The van der Waals surface area contributed by atoms with Gasteiger partial charge in [0.1, 0.15) is 0 Å². The van der Waals surface area contributed by atoms with Gasteiger partial charge in [-0.15, -0.1) is 0 Å². The molecule has 0 aliphatic heterocycles. The van der Waals surface area contributed by atoms with Crippen molar-refractivity contribution < 1.29 is 0 Å². The summed E-state index contributed by atoms with van der Waals surface area (Å²) in [5.41, 5.74) is 2.77. The maximum Gasteiger partial charge on any atom is 0.0274 e. The first-order chi connectivity index (χ1) is 3.31. The van der Waals surface area contributed by atoms with Gasteiger partial charge >= 0.3 is 0 Å². The van der Waals surface area contributed by atoms with Crippen LogP contribution in [0.1, 0.15) is 0 Å². The molecular weight excluding hydrogens is 88.1 g/mol. The summed E-state index contributed by atoms with van der Waals surface area (Å²) in [5.74, 6) is 0. The monoisotopic (exact) mass is 98.1 g/mol. The molecule has 0 aliphatic rings. The summed E-state index contributed by atoms with van der Waals surface area (Å²) < 4.78 is 0. The number of hydrogen-bond donors (Lipinski definition) is 1. The molecule has 2 heteroatoms. The topological polar surface area (TPSA) is 15.3 Å². The predicted molar refractivity (Wildman–Crippen MR) is 31.3 cm³/mol. The van der Waals surface area contributed by atoms with Gasteiger partial charge in [0.15, 0.2) is 0 Å². The van der Waals surface area contributed by atoms with Crippen LogP contribution in [0.4, 0.5) is 0 Å². The number of rotatable bonds is 3. The molecule has 0 saturated heterocycles. The molecule has 0 aromatic carbocycles. The molecule has 0 radical (unpaired) electrons. The van der Waals surface area contributed by atoms with Crippen LogP contribution in [-0.2, 0) is 0 Å². The maximum atomic E-state index is 3.49. The number of nitrogens with one attached hydrogen (secondary N) is 1. The van der Waals surface area contributed by atoms with Gasteiger partial charge in [0.25, 0.3) is 0 Å². The van der Waals surface area contributed by atoms with Crippen LogP contribution in [0.5, 0.6) is 0 Å². The standard InChI is InChI=1S/C5H10N2/c1-4-6-7(3)5-2/h4-6H,1-2H2,3H3. The minimum Gasteiger partial charge on any atom is -0.307 e. The van der Waals surface area contributed by atoms with Gasteiger partial charge in [-0.05, 0) is 0 Å². The van der Waals surface area contributed by atoms with E-state index in [-0.39, 0.29) is 0 Å². The Labute approximate surface area is 44.1 Å². The maximum absolute atomic E-state index is 3.49. The van der Waals surface area contributed by atoms with Crippen LogP contribution in [0.2, 0.25) is 0 Å². The second-order valence-corrected chi connectivity index (χ2v) is 1.13. The third-order valence-electron chi connectivity index (χ3n) is 0.569. The number of nitrogens with zero attached hydrogens (tertiary/aromatic N) is 1. The van der Waals surface area contributed by atoms with Gasteiger partial charge in [0.05, 0.1) is 0 Å². The van der Waals surface area contributed by atoms with Crippen molar-refractivity contribution in [2.24, 2.45) is 0 Å². The van der Waals surface area contributed by atoms with E-state index in [9.17, 15) is 0 Å². The van der Waals surface area contributed by atoms with E-state index >= 15 is 0 Å². The summed E-state index contributed by atoms with van der Waals surface area (Å²) in [6.45, 7) is 6.94. The fourth-order valence-corrected chi connectivity index (χ4v) is 0.197. The quantitative estimate of drug-likeness (QED) is 0.523. The highest BCUT2D eigenvalue weighted by atomic mass is 15.5. The van der Waals surface area contributed by atoms with Crippen LogP contribution in [-0.4, -0.2) is 12.1 Å². The van der Waals surface area contributed by atoms with Crippen molar-refractivity contribution in [2.75, 3.05) is 7.05 Å². The molecule has 40 valence electrons. The van der Waals surface area contributed by atoms with E-state index in [4.69, 9.17) is 0 Å². The Bertz CT molecular complexity index is 68.5. The van der Waals surface area contributed by atoms with Crippen LogP contribution in [0, 0.1) is 0 Å². The molecule has 0 fully saturated rings. The van der Waals surface area contributed by atoms with E-state index in [1.807, 2.05) is 7.05 Å². The summed E-state index contributed by atoms with van der Waals surface area (Å²) >= 11 is 0. The predicted octanol–water partition coefficient (Wildman–Crippen LogP) is 0.710. The summed E-state index contributed by atoms with van der Waals surface area (Å²) in [7, 11) is 1.84. The summed E-state index contributed by atoms with van der Waals surface area (Å²) in [6, 6.07) is 0. The zero-order chi connectivity index (χ0) is 5.70. The number of hydrogen-bond acceptors (Lipinski definition) is 2. The first-order valence-corrected chi connectivity index (χ1v) is 2.03. The first-order valence-electron chi connectivity index (χ1n) is 2.03. The van der Waals surface area contributed by atoms with E-state index in [1.165, 1.54) is 0 Å². The fraction of sp³-hybridized carbons (Fsp3) is 0.200. The van der Waals surface area contributed by atoms with Gasteiger partial charge in [-0.25, -0.2) is 0 Å².